The van der Waals surface area contributed by atoms with Gasteiger partial charge in [0, 0.05) is 26.0 Å². The monoisotopic (exact) mass is 467 g/mol. The van der Waals surface area contributed by atoms with Crippen molar-refractivity contribution in [2.75, 3.05) is 20.3 Å². The van der Waals surface area contributed by atoms with Crippen LogP contribution in [0.2, 0.25) is 0 Å². The molecule has 4 rings (SSSR count). The van der Waals surface area contributed by atoms with Crippen molar-refractivity contribution in [2.45, 2.75) is 18.6 Å². The quantitative estimate of drug-likeness (QED) is 0.515. The molecule has 1 N–H and O–H groups in total. The second kappa shape index (κ2) is 10.9. The molecule has 0 fully saturated rings. The molecule has 1 aliphatic heterocycles. The van der Waals surface area contributed by atoms with E-state index in [4.69, 9.17) is 0 Å². The van der Waals surface area contributed by atoms with E-state index < -0.39 is 17.6 Å². The van der Waals surface area contributed by atoms with Gasteiger partial charge >= 0.3 is 12.1 Å². The minimum Gasteiger partial charge on any atom is -0.362 e. The SMILES string of the molecule is CCN1C=CN(C)C1.O=C(NC(c1ccccc1)(c1ccccc1)c1ccccc1)C(F)(F)F. The highest BCUT2D eigenvalue weighted by atomic mass is 19.4. The normalized spacial score (nSPS) is 13.3. The topological polar surface area (TPSA) is 35.6 Å². The highest BCUT2D eigenvalue weighted by Gasteiger charge is 2.46. The van der Waals surface area contributed by atoms with E-state index in [2.05, 4.69) is 41.5 Å². The molecule has 0 radical (unpaired) electrons. The third kappa shape index (κ3) is 5.78. The van der Waals surface area contributed by atoms with Gasteiger partial charge in [-0.15, -0.1) is 0 Å². The number of hydrogen-bond acceptors (Lipinski definition) is 3. The minimum atomic E-state index is -5.00. The molecule has 0 bridgehead atoms. The number of nitrogens with zero attached hydrogens (tertiary/aromatic N) is 2. The van der Waals surface area contributed by atoms with E-state index in [-0.39, 0.29) is 0 Å². The zero-order valence-electron chi connectivity index (χ0n) is 19.2. The van der Waals surface area contributed by atoms with Crippen LogP contribution in [-0.2, 0) is 10.3 Å². The Morgan fingerprint density at radius 3 is 1.47 bits per heavy atom. The van der Waals surface area contributed by atoms with Gasteiger partial charge in [-0.25, -0.2) is 0 Å². The van der Waals surface area contributed by atoms with Gasteiger partial charge in [-0.2, -0.15) is 13.2 Å². The number of alkyl halides is 3. The van der Waals surface area contributed by atoms with Gasteiger partial charge in [0.2, 0.25) is 0 Å². The molecule has 34 heavy (non-hydrogen) atoms. The smallest absolute Gasteiger partial charge is 0.362 e. The predicted molar refractivity (Wildman–Crippen MR) is 128 cm³/mol. The Hall–Kier alpha value is -3.74. The van der Waals surface area contributed by atoms with Crippen LogP contribution < -0.4 is 5.32 Å². The number of amides is 1. The summed E-state index contributed by atoms with van der Waals surface area (Å²) in [5.74, 6) is -1.99. The molecule has 1 amide bonds. The molecule has 0 aliphatic carbocycles. The lowest BCUT2D eigenvalue weighted by atomic mass is 9.77. The molecule has 7 heteroatoms. The van der Waals surface area contributed by atoms with Gasteiger partial charge in [0.1, 0.15) is 5.54 Å². The molecule has 0 spiro atoms. The van der Waals surface area contributed by atoms with Crippen LogP contribution in [0.15, 0.2) is 103 Å². The van der Waals surface area contributed by atoms with Gasteiger partial charge in [-0.1, -0.05) is 91.0 Å². The first kappa shape index (κ1) is 24.9. The van der Waals surface area contributed by atoms with Crippen molar-refractivity contribution < 1.29 is 18.0 Å². The molecular formula is C27H28F3N3O. The summed E-state index contributed by atoms with van der Waals surface area (Å²) in [6.07, 6.45) is -0.799. The van der Waals surface area contributed by atoms with Crippen molar-refractivity contribution in [1.29, 1.82) is 0 Å². The fourth-order valence-corrected chi connectivity index (χ4v) is 3.82. The molecule has 1 heterocycles. The van der Waals surface area contributed by atoms with Crippen LogP contribution in [0, 0.1) is 0 Å². The number of halogens is 3. The Kier molecular flexibility index (Phi) is 7.99. The van der Waals surface area contributed by atoms with Gasteiger partial charge in [0.15, 0.2) is 0 Å². The Morgan fingerprint density at radius 1 is 0.794 bits per heavy atom. The summed E-state index contributed by atoms with van der Waals surface area (Å²) in [6.45, 7) is 4.32. The maximum atomic E-state index is 13.1. The second-order valence-corrected chi connectivity index (χ2v) is 7.90. The first-order chi connectivity index (χ1) is 16.3. The maximum absolute atomic E-state index is 13.1. The zero-order chi connectivity index (χ0) is 24.6. The average molecular weight is 468 g/mol. The number of carbonyl (C=O) groups is 1. The highest BCUT2D eigenvalue weighted by molar-refractivity contribution is 5.84. The van der Waals surface area contributed by atoms with E-state index in [1.54, 1.807) is 91.0 Å². The van der Waals surface area contributed by atoms with Crippen LogP contribution in [0.25, 0.3) is 0 Å². The Balaban J connectivity index is 0.000000343. The molecule has 3 aromatic rings. The Labute approximate surface area is 198 Å². The first-order valence-electron chi connectivity index (χ1n) is 11.0. The van der Waals surface area contributed by atoms with Gasteiger partial charge in [-0.05, 0) is 23.6 Å². The summed E-state index contributed by atoms with van der Waals surface area (Å²) in [4.78, 5) is 16.4. The maximum Gasteiger partial charge on any atom is 0.471 e. The minimum absolute atomic E-state index is 0.537. The third-order valence-electron chi connectivity index (χ3n) is 5.52. The largest absolute Gasteiger partial charge is 0.471 e. The molecule has 3 aromatic carbocycles. The van der Waals surface area contributed by atoms with Crippen molar-refractivity contribution in [3.63, 3.8) is 0 Å². The molecular weight excluding hydrogens is 439 g/mol. The third-order valence-corrected chi connectivity index (χ3v) is 5.52. The molecule has 0 saturated heterocycles. The van der Waals surface area contributed by atoms with Gasteiger partial charge in [0.05, 0.1) is 6.67 Å². The van der Waals surface area contributed by atoms with Gasteiger partial charge < -0.3 is 15.1 Å². The second-order valence-electron chi connectivity index (χ2n) is 7.90. The van der Waals surface area contributed by atoms with E-state index in [0.717, 1.165) is 13.2 Å². The Morgan fingerprint density at radius 2 is 1.21 bits per heavy atom. The summed E-state index contributed by atoms with van der Waals surface area (Å²) in [5.41, 5.74) is 0.149. The van der Waals surface area contributed by atoms with E-state index in [1.165, 1.54) is 0 Å². The summed E-state index contributed by atoms with van der Waals surface area (Å²) in [7, 11) is 2.08. The lowest BCUT2D eigenvalue weighted by molar-refractivity contribution is -0.175. The van der Waals surface area contributed by atoms with E-state index >= 15 is 0 Å². The number of rotatable bonds is 5. The number of carbonyl (C=O) groups excluding carboxylic acids is 1. The van der Waals surface area contributed by atoms with Crippen LogP contribution in [0.5, 0.6) is 0 Å². The molecule has 0 saturated carbocycles. The summed E-state index contributed by atoms with van der Waals surface area (Å²) in [5, 5.41) is 2.26. The molecule has 1 aliphatic rings. The number of benzene rings is 3. The highest BCUT2D eigenvalue weighted by Crippen LogP contribution is 2.37. The van der Waals surface area contributed by atoms with Crippen molar-refractivity contribution in [1.82, 2.24) is 15.1 Å². The van der Waals surface area contributed by atoms with Crippen molar-refractivity contribution in [3.05, 3.63) is 120 Å². The predicted octanol–water partition coefficient (Wildman–Crippen LogP) is 5.34. The van der Waals surface area contributed by atoms with Crippen molar-refractivity contribution in [2.24, 2.45) is 0 Å². The van der Waals surface area contributed by atoms with Crippen molar-refractivity contribution in [3.8, 4) is 0 Å². The van der Waals surface area contributed by atoms with Crippen LogP contribution in [0.4, 0.5) is 13.2 Å². The fourth-order valence-electron chi connectivity index (χ4n) is 3.82. The van der Waals surface area contributed by atoms with Crippen LogP contribution in [0.1, 0.15) is 23.6 Å². The standard InChI is InChI=1S/C21H16F3NO.C6H12N2/c22-21(23,24)19(26)25-20(16-10-4-1-5-11-16,17-12-6-2-7-13-17)18-14-8-3-9-15-18;1-3-8-5-4-7(2)6-8/h1-15H,(H,25,26);4-5H,3,6H2,1-2H3. The molecule has 0 atom stereocenters. The first-order valence-corrected chi connectivity index (χ1v) is 11.0. The van der Waals surface area contributed by atoms with E-state index in [0.29, 0.717) is 16.7 Å². The lowest BCUT2D eigenvalue weighted by Gasteiger charge is -2.37. The molecule has 0 unspecified atom stereocenters. The molecule has 0 aromatic heterocycles. The van der Waals surface area contributed by atoms with Crippen LogP contribution in [0.3, 0.4) is 0 Å². The number of nitrogens with one attached hydrogen (secondary N) is 1. The molecule has 178 valence electrons. The van der Waals surface area contributed by atoms with E-state index in [9.17, 15) is 18.0 Å². The van der Waals surface area contributed by atoms with Gasteiger partial charge in [0.25, 0.3) is 0 Å². The Bertz CT molecular complexity index is 974. The van der Waals surface area contributed by atoms with Crippen molar-refractivity contribution >= 4 is 5.91 Å². The van der Waals surface area contributed by atoms with E-state index in [1.807, 2.05) is 0 Å². The lowest BCUT2D eigenvalue weighted by Crippen LogP contribution is -2.52. The van der Waals surface area contributed by atoms with Crippen LogP contribution >= 0.6 is 0 Å². The summed E-state index contributed by atoms with van der Waals surface area (Å²) in [6, 6.07) is 25.9. The summed E-state index contributed by atoms with van der Waals surface area (Å²) >= 11 is 0. The van der Waals surface area contributed by atoms with Gasteiger partial charge in [-0.3, -0.25) is 4.79 Å². The summed E-state index contributed by atoms with van der Waals surface area (Å²) < 4.78 is 39.3. The molecule has 4 nitrogen and oxygen atoms in total. The van der Waals surface area contributed by atoms with Crippen LogP contribution in [-0.4, -0.2) is 42.1 Å². The number of hydrogen-bond donors (Lipinski definition) is 1. The average Bonchev–Trinajstić information content (AvgIpc) is 3.29. The fraction of sp³-hybridized carbons (Fsp3) is 0.222. The zero-order valence-corrected chi connectivity index (χ0v) is 19.2.